The van der Waals surface area contributed by atoms with E-state index in [9.17, 15) is 4.39 Å². The number of benzene rings is 1. The Labute approximate surface area is 94.0 Å². The van der Waals surface area contributed by atoms with Crippen molar-refractivity contribution in [2.75, 3.05) is 19.1 Å². The minimum absolute atomic E-state index is 0.233. The zero-order chi connectivity index (χ0) is 11.3. The molecule has 84 valence electrons. The Morgan fingerprint density at radius 2 is 2.27 bits per heavy atom. The van der Waals surface area contributed by atoms with Crippen LogP contribution in [0, 0.1) is 5.82 Å². The molecule has 1 unspecified atom stereocenters. The average molecular weight is 229 g/mol. The Morgan fingerprint density at radius 3 is 2.80 bits per heavy atom. The summed E-state index contributed by atoms with van der Waals surface area (Å²) in [4.78, 5) is 0. The van der Waals surface area contributed by atoms with Gasteiger partial charge in [-0.1, -0.05) is 6.07 Å². The van der Waals surface area contributed by atoms with Gasteiger partial charge < -0.3 is 10.5 Å². The van der Waals surface area contributed by atoms with Crippen molar-refractivity contribution >= 4 is 11.8 Å². The predicted octanol–water partition coefficient (Wildman–Crippen LogP) is 2.59. The minimum Gasteiger partial charge on any atom is -0.497 e. The van der Waals surface area contributed by atoms with Crippen LogP contribution in [-0.2, 0) is 0 Å². The second-order valence-corrected chi connectivity index (χ2v) is 4.26. The van der Waals surface area contributed by atoms with E-state index in [0.29, 0.717) is 11.3 Å². The molecule has 1 aromatic rings. The van der Waals surface area contributed by atoms with Crippen molar-refractivity contribution in [3.05, 3.63) is 29.6 Å². The second-order valence-electron chi connectivity index (χ2n) is 3.28. The van der Waals surface area contributed by atoms with Crippen molar-refractivity contribution in [3.8, 4) is 5.75 Å². The third kappa shape index (κ3) is 3.39. The van der Waals surface area contributed by atoms with Gasteiger partial charge in [-0.3, -0.25) is 0 Å². The SMILES string of the molecule is COc1ccc(C(N)CCSC)c(F)c1. The molecule has 0 bridgehead atoms. The normalized spacial score (nSPS) is 12.5. The molecule has 2 N–H and O–H groups in total. The molecule has 1 atom stereocenters. The molecule has 1 aromatic carbocycles. The lowest BCUT2D eigenvalue weighted by atomic mass is 10.0. The lowest BCUT2D eigenvalue weighted by Crippen LogP contribution is -2.13. The lowest BCUT2D eigenvalue weighted by Gasteiger charge is -2.12. The zero-order valence-corrected chi connectivity index (χ0v) is 9.81. The van der Waals surface area contributed by atoms with E-state index < -0.39 is 0 Å². The lowest BCUT2D eigenvalue weighted by molar-refractivity contribution is 0.410. The highest BCUT2D eigenvalue weighted by atomic mass is 32.2. The Morgan fingerprint density at radius 1 is 1.53 bits per heavy atom. The summed E-state index contributed by atoms with van der Waals surface area (Å²) >= 11 is 1.71. The van der Waals surface area contributed by atoms with Crippen LogP contribution in [0.15, 0.2) is 18.2 Å². The van der Waals surface area contributed by atoms with Gasteiger partial charge in [0.1, 0.15) is 11.6 Å². The highest BCUT2D eigenvalue weighted by molar-refractivity contribution is 7.98. The molecule has 0 spiro atoms. The van der Waals surface area contributed by atoms with Crippen molar-refractivity contribution < 1.29 is 9.13 Å². The van der Waals surface area contributed by atoms with Gasteiger partial charge in [-0.25, -0.2) is 4.39 Å². The number of rotatable bonds is 5. The molecule has 1 rings (SSSR count). The monoisotopic (exact) mass is 229 g/mol. The summed E-state index contributed by atoms with van der Waals surface area (Å²) < 4.78 is 18.5. The first kappa shape index (κ1) is 12.3. The maximum Gasteiger partial charge on any atom is 0.131 e. The van der Waals surface area contributed by atoms with E-state index in [1.807, 2.05) is 6.26 Å². The summed E-state index contributed by atoms with van der Waals surface area (Å²) in [5, 5.41) is 0. The van der Waals surface area contributed by atoms with Crippen LogP contribution in [0.3, 0.4) is 0 Å². The molecule has 0 fully saturated rings. The second kappa shape index (κ2) is 5.98. The molecule has 0 aliphatic heterocycles. The van der Waals surface area contributed by atoms with Gasteiger partial charge in [0.2, 0.25) is 0 Å². The third-order valence-corrected chi connectivity index (χ3v) is 2.88. The Hall–Kier alpha value is -0.740. The summed E-state index contributed by atoms with van der Waals surface area (Å²) in [6.07, 6.45) is 2.79. The minimum atomic E-state index is -0.289. The fourth-order valence-electron chi connectivity index (χ4n) is 1.34. The molecule has 2 nitrogen and oxygen atoms in total. The molecule has 4 heteroatoms. The van der Waals surface area contributed by atoms with Gasteiger partial charge in [0.25, 0.3) is 0 Å². The van der Waals surface area contributed by atoms with Crippen LogP contribution in [-0.4, -0.2) is 19.1 Å². The third-order valence-electron chi connectivity index (χ3n) is 2.24. The van der Waals surface area contributed by atoms with Crippen LogP contribution in [0.1, 0.15) is 18.0 Å². The van der Waals surface area contributed by atoms with Crippen molar-refractivity contribution in [3.63, 3.8) is 0 Å². The molecule has 0 aliphatic rings. The summed E-state index contributed by atoms with van der Waals surface area (Å²) in [5.74, 6) is 1.17. The number of thioether (sulfide) groups is 1. The maximum absolute atomic E-state index is 13.5. The summed E-state index contributed by atoms with van der Waals surface area (Å²) in [6, 6.07) is 4.56. The van der Waals surface area contributed by atoms with E-state index in [-0.39, 0.29) is 11.9 Å². The van der Waals surface area contributed by atoms with Gasteiger partial charge in [-0.15, -0.1) is 0 Å². The molecular weight excluding hydrogens is 213 g/mol. The maximum atomic E-state index is 13.5. The molecule has 0 saturated heterocycles. The topological polar surface area (TPSA) is 35.2 Å². The van der Waals surface area contributed by atoms with Crippen molar-refractivity contribution in [2.24, 2.45) is 5.73 Å². The van der Waals surface area contributed by atoms with Crippen LogP contribution >= 0.6 is 11.8 Å². The standard InChI is InChI=1S/C11H16FNOS/c1-14-8-3-4-9(10(12)7-8)11(13)5-6-15-2/h3-4,7,11H,5-6,13H2,1-2H3. The molecule has 0 heterocycles. The molecule has 0 radical (unpaired) electrons. The number of halogens is 1. The number of nitrogens with two attached hydrogens (primary N) is 1. The molecule has 15 heavy (non-hydrogen) atoms. The summed E-state index contributed by atoms with van der Waals surface area (Å²) in [6.45, 7) is 0. The Balaban J connectivity index is 2.76. The van der Waals surface area contributed by atoms with Gasteiger partial charge >= 0.3 is 0 Å². The fraction of sp³-hybridized carbons (Fsp3) is 0.455. The van der Waals surface area contributed by atoms with Crippen LogP contribution in [0.4, 0.5) is 4.39 Å². The highest BCUT2D eigenvalue weighted by Gasteiger charge is 2.11. The zero-order valence-electron chi connectivity index (χ0n) is 9.00. The van der Waals surface area contributed by atoms with E-state index in [0.717, 1.165) is 12.2 Å². The van der Waals surface area contributed by atoms with Crippen LogP contribution < -0.4 is 10.5 Å². The smallest absolute Gasteiger partial charge is 0.131 e. The first-order valence-electron chi connectivity index (χ1n) is 4.77. The van der Waals surface area contributed by atoms with Crippen molar-refractivity contribution in [1.29, 1.82) is 0 Å². The van der Waals surface area contributed by atoms with E-state index in [4.69, 9.17) is 10.5 Å². The molecule has 0 saturated carbocycles. The van der Waals surface area contributed by atoms with Gasteiger partial charge in [0.15, 0.2) is 0 Å². The van der Waals surface area contributed by atoms with E-state index in [1.165, 1.54) is 13.2 Å². The van der Waals surface area contributed by atoms with E-state index in [1.54, 1.807) is 23.9 Å². The van der Waals surface area contributed by atoms with E-state index in [2.05, 4.69) is 0 Å². The number of hydrogen-bond acceptors (Lipinski definition) is 3. The molecule has 0 aromatic heterocycles. The van der Waals surface area contributed by atoms with Crippen molar-refractivity contribution in [2.45, 2.75) is 12.5 Å². The fourth-order valence-corrected chi connectivity index (χ4v) is 1.83. The van der Waals surface area contributed by atoms with Gasteiger partial charge in [0.05, 0.1) is 7.11 Å². The quantitative estimate of drug-likeness (QED) is 0.843. The average Bonchev–Trinajstić information content (AvgIpc) is 2.25. The first-order chi connectivity index (χ1) is 7.19. The highest BCUT2D eigenvalue weighted by Crippen LogP contribution is 2.23. The number of ether oxygens (including phenoxy) is 1. The number of methoxy groups -OCH3 is 1. The van der Waals surface area contributed by atoms with Gasteiger partial charge in [-0.05, 0) is 24.5 Å². The summed E-state index contributed by atoms with van der Waals surface area (Å²) in [7, 11) is 1.52. The molecular formula is C11H16FNOS. The van der Waals surface area contributed by atoms with Crippen LogP contribution in [0.5, 0.6) is 5.75 Å². The van der Waals surface area contributed by atoms with Crippen molar-refractivity contribution in [1.82, 2.24) is 0 Å². The van der Waals surface area contributed by atoms with Gasteiger partial charge in [0, 0.05) is 17.7 Å². The van der Waals surface area contributed by atoms with Crippen LogP contribution in [0.2, 0.25) is 0 Å². The first-order valence-corrected chi connectivity index (χ1v) is 6.16. The Kier molecular flexibility index (Phi) is 4.91. The largest absolute Gasteiger partial charge is 0.497 e. The number of hydrogen-bond donors (Lipinski definition) is 1. The van der Waals surface area contributed by atoms with E-state index >= 15 is 0 Å². The van der Waals surface area contributed by atoms with Gasteiger partial charge in [-0.2, -0.15) is 11.8 Å². The Bertz CT molecular complexity index is 319. The predicted molar refractivity (Wildman–Crippen MR) is 62.9 cm³/mol. The summed E-state index contributed by atoms with van der Waals surface area (Å²) in [5.41, 5.74) is 6.44. The molecule has 0 amide bonds. The molecule has 0 aliphatic carbocycles. The van der Waals surface area contributed by atoms with Crippen LogP contribution in [0.25, 0.3) is 0 Å².